The van der Waals surface area contributed by atoms with E-state index in [1.807, 2.05) is 0 Å². The number of nitrogens with one attached hydrogen (secondary N) is 1. The van der Waals surface area contributed by atoms with Gasteiger partial charge in [-0.1, -0.05) is 11.3 Å². The lowest BCUT2D eigenvalue weighted by Gasteiger charge is -2.03. The molecule has 2 aromatic heterocycles. The zero-order chi connectivity index (χ0) is 20.4. The highest BCUT2D eigenvalue weighted by Crippen LogP contribution is 2.30. The van der Waals surface area contributed by atoms with Crippen molar-refractivity contribution in [3.63, 3.8) is 0 Å². The fourth-order valence-electron chi connectivity index (χ4n) is 2.69. The van der Waals surface area contributed by atoms with Crippen molar-refractivity contribution in [2.75, 3.05) is 5.32 Å². The van der Waals surface area contributed by atoms with E-state index < -0.39 is 11.5 Å². The largest absolute Gasteiger partial charge is 0.435 e. The minimum atomic E-state index is -2.92. The first-order valence-corrected chi connectivity index (χ1v) is 8.90. The van der Waals surface area contributed by atoms with Crippen LogP contribution in [0.25, 0.3) is 10.2 Å². The van der Waals surface area contributed by atoms with Crippen LogP contribution >= 0.6 is 11.3 Å². The molecule has 0 aliphatic carbocycles. The normalized spacial score (nSPS) is 11.2. The van der Waals surface area contributed by atoms with E-state index in [9.17, 15) is 23.7 Å². The van der Waals surface area contributed by atoms with Gasteiger partial charge in [0.25, 0.3) is 0 Å². The minimum Gasteiger partial charge on any atom is -0.435 e. The topological polar surface area (TPSA) is 112 Å². The lowest BCUT2D eigenvalue weighted by atomic mass is 10.3. The van der Waals surface area contributed by atoms with Gasteiger partial charge >= 0.3 is 12.3 Å². The van der Waals surface area contributed by atoms with Crippen molar-refractivity contribution in [3.8, 4) is 5.75 Å². The van der Waals surface area contributed by atoms with Crippen molar-refractivity contribution in [1.82, 2.24) is 14.8 Å². The number of hydrogen-bond acceptors (Lipinski definition) is 7. The maximum atomic E-state index is 12.3. The molecule has 1 aromatic carbocycles. The van der Waals surface area contributed by atoms with Crippen molar-refractivity contribution >= 4 is 38.3 Å². The number of amides is 1. The molecule has 1 amide bonds. The molecule has 28 heavy (non-hydrogen) atoms. The standard InChI is InChI=1S/C16H15F2N5O4S/c1-8-14(23(25)26)9(2)22(21-8)6-5-13(24)20-16-19-11-4-3-10(27-15(17)18)7-12(11)28-16/h3-4,7,15H,5-6H2,1-2H3,(H,19,20,24). The molecule has 3 aromatic rings. The monoisotopic (exact) mass is 411 g/mol. The quantitative estimate of drug-likeness (QED) is 0.469. The van der Waals surface area contributed by atoms with Crippen LogP contribution in [0.5, 0.6) is 5.75 Å². The zero-order valence-corrected chi connectivity index (χ0v) is 15.6. The molecule has 0 spiro atoms. The maximum Gasteiger partial charge on any atom is 0.387 e. The smallest absolute Gasteiger partial charge is 0.387 e. The van der Waals surface area contributed by atoms with Crippen LogP contribution in [0.2, 0.25) is 0 Å². The van der Waals surface area contributed by atoms with Crippen molar-refractivity contribution in [1.29, 1.82) is 0 Å². The third-order valence-electron chi connectivity index (χ3n) is 3.91. The molecule has 2 heterocycles. The minimum absolute atomic E-state index is 0.00940. The number of aromatic nitrogens is 3. The lowest BCUT2D eigenvalue weighted by molar-refractivity contribution is -0.386. The van der Waals surface area contributed by atoms with Crippen molar-refractivity contribution in [3.05, 3.63) is 39.7 Å². The molecule has 0 unspecified atom stereocenters. The molecule has 1 N–H and O–H groups in total. The summed E-state index contributed by atoms with van der Waals surface area (Å²) in [6, 6.07) is 4.31. The van der Waals surface area contributed by atoms with Crippen LogP contribution < -0.4 is 10.1 Å². The van der Waals surface area contributed by atoms with Crippen LogP contribution in [0, 0.1) is 24.0 Å². The van der Waals surface area contributed by atoms with Gasteiger partial charge in [0.2, 0.25) is 5.91 Å². The summed E-state index contributed by atoms with van der Waals surface area (Å²) < 4.78 is 30.9. The molecule has 3 rings (SSSR count). The SMILES string of the molecule is Cc1nn(CCC(=O)Nc2nc3ccc(OC(F)F)cc3s2)c(C)c1[N+](=O)[O-]. The number of hydrogen-bond donors (Lipinski definition) is 1. The van der Waals surface area contributed by atoms with Gasteiger partial charge in [0.05, 0.1) is 21.7 Å². The third kappa shape index (κ3) is 4.22. The number of alkyl halides is 2. The van der Waals surface area contributed by atoms with Crippen LogP contribution in [-0.2, 0) is 11.3 Å². The van der Waals surface area contributed by atoms with Gasteiger partial charge in [-0.3, -0.25) is 19.6 Å². The molecule has 0 radical (unpaired) electrons. The predicted molar refractivity (Wildman–Crippen MR) is 97.9 cm³/mol. The molecule has 0 atom stereocenters. The van der Waals surface area contributed by atoms with Crippen LogP contribution in [-0.4, -0.2) is 32.2 Å². The van der Waals surface area contributed by atoms with Crippen LogP contribution in [0.15, 0.2) is 18.2 Å². The summed E-state index contributed by atoms with van der Waals surface area (Å²) in [5.74, 6) is -0.339. The molecule has 0 aliphatic heterocycles. The van der Waals surface area contributed by atoms with Gasteiger partial charge in [0, 0.05) is 6.42 Å². The predicted octanol–water partition coefficient (Wildman–Crippen LogP) is 3.65. The molecule has 0 bridgehead atoms. The highest BCUT2D eigenvalue weighted by Gasteiger charge is 2.22. The van der Waals surface area contributed by atoms with E-state index in [-0.39, 0.29) is 36.0 Å². The molecule has 0 saturated heterocycles. The van der Waals surface area contributed by atoms with Crippen LogP contribution in [0.1, 0.15) is 17.8 Å². The Balaban J connectivity index is 1.65. The highest BCUT2D eigenvalue weighted by molar-refractivity contribution is 7.22. The molecule has 12 heteroatoms. The summed E-state index contributed by atoms with van der Waals surface area (Å²) in [6.07, 6.45) is 0.0365. The summed E-state index contributed by atoms with van der Waals surface area (Å²) in [5, 5.41) is 18.0. The van der Waals surface area contributed by atoms with Crippen LogP contribution in [0.3, 0.4) is 0 Å². The van der Waals surface area contributed by atoms with E-state index in [1.54, 1.807) is 6.92 Å². The number of anilines is 1. The van der Waals surface area contributed by atoms with Gasteiger partial charge < -0.3 is 10.1 Å². The van der Waals surface area contributed by atoms with Gasteiger partial charge in [-0.2, -0.15) is 13.9 Å². The van der Waals surface area contributed by atoms with Gasteiger partial charge in [0.1, 0.15) is 17.1 Å². The number of carbonyl (C=O) groups excluding carboxylic acids is 1. The van der Waals surface area contributed by atoms with Crippen molar-refractivity contribution in [2.45, 2.75) is 33.4 Å². The van der Waals surface area contributed by atoms with E-state index >= 15 is 0 Å². The van der Waals surface area contributed by atoms with Gasteiger partial charge in [-0.05, 0) is 32.0 Å². The molecule has 9 nitrogen and oxygen atoms in total. The Morgan fingerprint density at radius 2 is 2.18 bits per heavy atom. The number of halogens is 2. The summed E-state index contributed by atoms with van der Waals surface area (Å²) in [7, 11) is 0. The second-order valence-corrected chi connectivity index (χ2v) is 6.86. The Kier molecular flexibility index (Phi) is 5.49. The number of aryl methyl sites for hydroxylation is 2. The second-order valence-electron chi connectivity index (χ2n) is 5.82. The molecule has 0 saturated carbocycles. The summed E-state index contributed by atoms with van der Waals surface area (Å²) in [6.45, 7) is 0.357. The summed E-state index contributed by atoms with van der Waals surface area (Å²) in [5.41, 5.74) is 1.14. The first-order valence-electron chi connectivity index (χ1n) is 8.08. The Hall–Kier alpha value is -3.15. The molecule has 0 fully saturated rings. The first-order chi connectivity index (χ1) is 13.2. The van der Waals surface area contributed by atoms with Gasteiger partial charge in [0.15, 0.2) is 5.13 Å². The zero-order valence-electron chi connectivity index (χ0n) is 14.8. The Morgan fingerprint density at radius 1 is 1.43 bits per heavy atom. The van der Waals surface area contributed by atoms with Gasteiger partial charge in [-0.25, -0.2) is 4.98 Å². The third-order valence-corrected chi connectivity index (χ3v) is 4.84. The molecule has 0 aliphatic rings. The van der Waals surface area contributed by atoms with E-state index in [4.69, 9.17) is 0 Å². The number of carbonyl (C=O) groups is 1. The Morgan fingerprint density at radius 3 is 2.82 bits per heavy atom. The Bertz CT molecular complexity index is 1050. The molecule has 148 valence electrons. The van der Waals surface area contributed by atoms with E-state index in [1.165, 1.54) is 29.8 Å². The Labute approximate surface area is 161 Å². The fraction of sp³-hybridized carbons (Fsp3) is 0.312. The fourth-order valence-corrected chi connectivity index (χ4v) is 3.60. The van der Waals surface area contributed by atoms with E-state index in [0.29, 0.717) is 21.0 Å². The number of rotatable bonds is 7. The number of thiazole rings is 1. The number of fused-ring (bicyclic) bond motifs is 1. The van der Waals surface area contributed by atoms with Crippen molar-refractivity contribution in [2.24, 2.45) is 0 Å². The van der Waals surface area contributed by atoms with E-state index in [0.717, 1.165) is 11.3 Å². The number of nitrogens with zero attached hydrogens (tertiary/aromatic N) is 4. The second kappa shape index (κ2) is 7.84. The maximum absolute atomic E-state index is 12.3. The number of benzene rings is 1. The summed E-state index contributed by atoms with van der Waals surface area (Å²) >= 11 is 1.12. The average molecular weight is 411 g/mol. The number of ether oxygens (including phenoxy) is 1. The number of nitro groups is 1. The average Bonchev–Trinajstić information content (AvgIpc) is 3.11. The first kappa shape index (κ1) is 19.6. The molecular weight excluding hydrogens is 396 g/mol. The van der Waals surface area contributed by atoms with Gasteiger partial charge in [-0.15, -0.1) is 0 Å². The van der Waals surface area contributed by atoms with E-state index in [2.05, 4.69) is 20.1 Å². The van der Waals surface area contributed by atoms with Crippen LogP contribution in [0.4, 0.5) is 19.6 Å². The highest BCUT2D eigenvalue weighted by atomic mass is 32.1. The lowest BCUT2D eigenvalue weighted by Crippen LogP contribution is -2.15. The van der Waals surface area contributed by atoms with Crippen molar-refractivity contribution < 1.29 is 23.2 Å². The molecular formula is C16H15F2N5O4S. The summed E-state index contributed by atoms with van der Waals surface area (Å²) in [4.78, 5) is 26.9.